The van der Waals surface area contributed by atoms with Gasteiger partial charge in [0.05, 0.1) is 11.4 Å². The molecule has 1 aliphatic rings. The number of alkyl halides is 1. The molecule has 0 saturated heterocycles. The molecule has 0 fully saturated rings. The van der Waals surface area contributed by atoms with Crippen molar-refractivity contribution in [3.63, 3.8) is 0 Å². The first kappa shape index (κ1) is 43.2. The van der Waals surface area contributed by atoms with Crippen molar-refractivity contribution >= 4 is 74.3 Å². The number of anilines is 1. The number of aromatic nitrogens is 3. The number of allylic oxidation sites excluding steroid dienone is 3. The largest absolute Gasteiger partial charge is 0.505 e. The number of thioether (sulfide) groups is 1. The van der Waals surface area contributed by atoms with Gasteiger partial charge < -0.3 is 10.2 Å². The summed E-state index contributed by atoms with van der Waals surface area (Å²) in [5, 5.41) is 44.7. The molecule has 308 valence electrons. The van der Waals surface area contributed by atoms with Crippen LogP contribution in [0.5, 0.6) is 11.5 Å². The summed E-state index contributed by atoms with van der Waals surface area (Å²) in [7, 11) is 0. The number of halogens is 1. The van der Waals surface area contributed by atoms with Gasteiger partial charge in [0.2, 0.25) is 0 Å². The Morgan fingerprint density at radius 2 is 1.38 bits per heavy atom. The van der Waals surface area contributed by atoms with Gasteiger partial charge in [-0.25, -0.2) is 0 Å². The summed E-state index contributed by atoms with van der Waals surface area (Å²) >= 11 is 5.72. The maximum Gasteiger partial charge on any atom is 0.147 e. The minimum atomic E-state index is -0.227. The minimum absolute atomic E-state index is 0.176. The second-order valence-electron chi connectivity index (χ2n) is 16.9. The van der Waals surface area contributed by atoms with Crippen molar-refractivity contribution in [3.05, 3.63) is 148 Å². The van der Waals surface area contributed by atoms with E-state index in [9.17, 15) is 10.2 Å². The number of aryl methyl sites for hydroxylation is 2. The number of phenolic OH excluding ortho intramolecular Hbond substituents is 2. The first-order valence-electron chi connectivity index (χ1n) is 20.1. The predicted octanol–water partition coefficient (Wildman–Crippen LogP) is 13.5. The summed E-state index contributed by atoms with van der Waals surface area (Å²) in [6.07, 6.45) is 7.63. The number of hydrogen-bond acceptors (Lipinski definition) is 9. The molecule has 1 aromatic heterocycles. The Kier molecular flexibility index (Phi) is 12.7. The van der Waals surface area contributed by atoms with E-state index in [4.69, 9.17) is 15.6 Å². The van der Waals surface area contributed by atoms with Crippen LogP contribution < -0.4 is 5.43 Å². The molecule has 11 heteroatoms. The molecule has 1 unspecified atom stereocenters. The molecule has 6 aromatic rings. The van der Waals surface area contributed by atoms with Crippen molar-refractivity contribution in [1.82, 2.24) is 15.0 Å². The molecule has 4 N–H and O–H groups in total. The van der Waals surface area contributed by atoms with E-state index >= 15 is 0 Å². The third-order valence-corrected chi connectivity index (χ3v) is 14.0. The van der Waals surface area contributed by atoms with Crippen LogP contribution in [0, 0.1) is 19.3 Å². The first-order valence-corrected chi connectivity index (χ1v) is 23.0. The Hall–Kier alpha value is -4.85. The SMILES string of the molecule is CCCC(I)c1cc(C)cc(-n2nc3ccc(Sc4ccc(C(C)(C)c5ccc(SC6=C/C(=N/Nc7cc(C)cc(C(C)(C)C)c7O)C(=N)C=C6)cc5)cc4)cc3n2)c1O. The Bertz CT molecular complexity index is 2670. The number of nitrogens with one attached hydrogen (secondary N) is 2. The van der Waals surface area contributed by atoms with Gasteiger partial charge in [0, 0.05) is 40.1 Å². The molecule has 0 bridgehead atoms. The van der Waals surface area contributed by atoms with Gasteiger partial charge >= 0.3 is 0 Å². The summed E-state index contributed by atoms with van der Waals surface area (Å²) in [5.41, 5.74) is 12.3. The smallest absolute Gasteiger partial charge is 0.147 e. The molecular weight excluding hydrogens is 896 g/mol. The number of benzene rings is 5. The second kappa shape index (κ2) is 17.6. The van der Waals surface area contributed by atoms with Gasteiger partial charge in [0.1, 0.15) is 33.9 Å². The Morgan fingerprint density at radius 3 is 2.03 bits per heavy atom. The fourth-order valence-corrected chi connectivity index (χ4v) is 9.99. The average Bonchev–Trinajstić information content (AvgIpc) is 3.63. The Labute approximate surface area is 375 Å². The molecule has 5 aromatic carbocycles. The summed E-state index contributed by atoms with van der Waals surface area (Å²) in [6.45, 7) is 16.9. The van der Waals surface area contributed by atoms with Crippen LogP contribution in [0.1, 0.15) is 91.7 Å². The van der Waals surface area contributed by atoms with Crippen LogP contribution in [0.15, 0.2) is 134 Å². The van der Waals surface area contributed by atoms with Crippen molar-refractivity contribution in [3.8, 4) is 17.2 Å². The first-order chi connectivity index (χ1) is 28.5. The van der Waals surface area contributed by atoms with E-state index in [1.54, 1.807) is 34.4 Å². The van der Waals surface area contributed by atoms with Crippen LogP contribution in [0.4, 0.5) is 5.69 Å². The Balaban J connectivity index is 1.01. The highest BCUT2D eigenvalue weighted by atomic mass is 127. The van der Waals surface area contributed by atoms with Crippen LogP contribution in [0.3, 0.4) is 0 Å². The zero-order valence-corrected chi connectivity index (χ0v) is 39.1. The molecule has 1 atom stereocenters. The number of hydrazone groups is 1. The molecule has 0 aliphatic heterocycles. The highest BCUT2D eigenvalue weighted by Gasteiger charge is 2.24. The van der Waals surface area contributed by atoms with Crippen molar-refractivity contribution in [2.24, 2.45) is 5.10 Å². The predicted molar refractivity (Wildman–Crippen MR) is 259 cm³/mol. The fourth-order valence-electron chi connectivity index (χ4n) is 7.19. The topological polar surface area (TPSA) is 119 Å². The minimum Gasteiger partial charge on any atom is -0.505 e. The number of aromatic hydroxyl groups is 2. The van der Waals surface area contributed by atoms with E-state index in [1.807, 2.05) is 50.3 Å². The van der Waals surface area contributed by atoms with Crippen molar-refractivity contribution in [1.29, 1.82) is 5.41 Å². The molecule has 8 nitrogen and oxygen atoms in total. The van der Waals surface area contributed by atoms with Gasteiger partial charge in [-0.15, -0.1) is 15.0 Å². The number of fused-ring (bicyclic) bond motifs is 1. The lowest BCUT2D eigenvalue weighted by atomic mass is 9.78. The van der Waals surface area contributed by atoms with Crippen LogP contribution in [-0.4, -0.2) is 36.6 Å². The number of rotatable bonds is 12. The van der Waals surface area contributed by atoms with Gasteiger partial charge in [-0.1, -0.05) is 130 Å². The van der Waals surface area contributed by atoms with E-state index < -0.39 is 0 Å². The molecule has 0 radical (unpaired) electrons. The van der Waals surface area contributed by atoms with Crippen molar-refractivity contribution in [2.45, 2.75) is 97.7 Å². The number of phenols is 2. The normalized spacial score (nSPS) is 14.5. The van der Waals surface area contributed by atoms with E-state index in [0.29, 0.717) is 22.8 Å². The van der Waals surface area contributed by atoms with Crippen LogP contribution in [-0.2, 0) is 10.8 Å². The lowest BCUT2D eigenvalue weighted by molar-refractivity contribution is 0.448. The van der Waals surface area contributed by atoms with Crippen LogP contribution in [0.2, 0.25) is 0 Å². The molecule has 7 rings (SSSR count). The quantitative estimate of drug-likeness (QED) is 0.0317. The van der Waals surface area contributed by atoms with Gasteiger partial charge in [0.25, 0.3) is 0 Å². The lowest BCUT2D eigenvalue weighted by Crippen LogP contribution is -2.18. The highest BCUT2D eigenvalue weighted by Crippen LogP contribution is 2.41. The monoisotopic (exact) mass is 946 g/mol. The standard InChI is InChI=1S/C49H51IN6O2S2/c1-9-10-39(50)37-23-29(2)26-45(46(37)57)56-54-41-22-20-36(28-43(41)55-56)60-34-17-13-32(14-18-34)49(7,8)31-11-15-33(16-12-31)59-35-19-21-40(51)42(27-35)52-53-44-25-30(3)24-38(47(44)58)48(4,5)6/h11-28,39,51,53,57-58H,9-10H2,1-8H3/b51-40?,52-42-. The summed E-state index contributed by atoms with van der Waals surface area (Å²) < 4.78 is 0.215. The molecule has 1 aliphatic carbocycles. The van der Waals surface area contributed by atoms with Gasteiger partial charge in [0.15, 0.2) is 0 Å². The second-order valence-corrected chi connectivity index (χ2v) is 20.7. The van der Waals surface area contributed by atoms with Crippen molar-refractivity contribution < 1.29 is 10.2 Å². The molecular formula is C49H51IN6O2S2. The third kappa shape index (κ3) is 9.53. The average molecular weight is 947 g/mol. The molecule has 1 heterocycles. The third-order valence-electron chi connectivity index (χ3n) is 10.7. The fraction of sp³-hybridized carbons (Fsp3) is 0.265. The van der Waals surface area contributed by atoms with Gasteiger partial charge in [-0.2, -0.15) is 5.10 Å². The maximum absolute atomic E-state index is 11.2. The zero-order valence-electron chi connectivity index (χ0n) is 35.3. The molecule has 0 spiro atoms. The van der Waals surface area contributed by atoms with E-state index in [-0.39, 0.29) is 26.3 Å². The van der Waals surface area contributed by atoms with E-state index in [2.05, 4.69) is 141 Å². The molecule has 0 amide bonds. The lowest BCUT2D eigenvalue weighted by Gasteiger charge is -2.26. The Morgan fingerprint density at radius 1 is 0.767 bits per heavy atom. The number of hydrogen-bond donors (Lipinski definition) is 4. The summed E-state index contributed by atoms with van der Waals surface area (Å²) in [6, 6.07) is 31.4. The van der Waals surface area contributed by atoms with E-state index in [0.717, 1.165) is 65.7 Å². The highest BCUT2D eigenvalue weighted by molar-refractivity contribution is 14.1. The zero-order chi connectivity index (χ0) is 42.9. The van der Waals surface area contributed by atoms with Crippen LogP contribution >= 0.6 is 46.1 Å². The maximum atomic E-state index is 11.2. The van der Waals surface area contributed by atoms with Gasteiger partial charge in [-0.3, -0.25) is 10.8 Å². The van der Waals surface area contributed by atoms with Crippen LogP contribution in [0.25, 0.3) is 16.7 Å². The van der Waals surface area contributed by atoms with Crippen molar-refractivity contribution in [2.75, 3.05) is 5.43 Å². The summed E-state index contributed by atoms with van der Waals surface area (Å²) in [5.74, 6) is 0.416. The molecule has 0 saturated carbocycles. The summed E-state index contributed by atoms with van der Waals surface area (Å²) in [4.78, 5) is 5.81. The van der Waals surface area contributed by atoms with E-state index in [1.165, 1.54) is 11.1 Å². The number of nitrogens with zero attached hydrogens (tertiary/aromatic N) is 4. The molecule has 60 heavy (non-hydrogen) atoms. The van der Waals surface area contributed by atoms with Gasteiger partial charge in [-0.05, 0) is 121 Å².